The predicted octanol–water partition coefficient (Wildman–Crippen LogP) is 2.75. The highest BCUT2D eigenvalue weighted by Crippen LogP contribution is 2.22. The first-order valence-corrected chi connectivity index (χ1v) is 5.73. The van der Waals surface area contributed by atoms with Crippen LogP contribution < -0.4 is 0 Å². The van der Waals surface area contributed by atoms with Gasteiger partial charge in [-0.1, -0.05) is 0 Å². The lowest BCUT2D eigenvalue weighted by molar-refractivity contribution is 0.101. The van der Waals surface area contributed by atoms with Gasteiger partial charge in [0.15, 0.2) is 5.78 Å². The highest BCUT2D eigenvalue weighted by molar-refractivity contribution is 6.00. The molecule has 1 aliphatic heterocycles. The highest BCUT2D eigenvalue weighted by atomic mass is 16.5. The lowest BCUT2D eigenvalue weighted by Gasteiger charge is -2.07. The van der Waals surface area contributed by atoms with E-state index in [1.807, 2.05) is 39.0 Å². The van der Waals surface area contributed by atoms with Crippen molar-refractivity contribution >= 4 is 11.7 Å². The lowest BCUT2D eigenvalue weighted by atomic mass is 10.0. The third-order valence-electron chi connectivity index (χ3n) is 2.70. The molecular weight excluding hydrogens is 214 g/mol. The van der Waals surface area contributed by atoms with E-state index in [1.54, 1.807) is 6.92 Å². The number of carbonyl (C=O) groups excluding carboxylic acids is 1. The number of Topliss-reactive ketones (excluding diaryl/α,β-unsaturated/α-hetero) is 1. The fourth-order valence-corrected chi connectivity index (χ4v) is 1.84. The molecule has 0 unspecified atom stereocenters. The Bertz CT molecular complexity index is 501. The van der Waals surface area contributed by atoms with E-state index in [9.17, 15) is 4.79 Å². The van der Waals surface area contributed by atoms with Gasteiger partial charge in [0.05, 0.1) is 5.54 Å². The van der Waals surface area contributed by atoms with Crippen LogP contribution in [0.15, 0.2) is 23.2 Å². The minimum atomic E-state index is -0.171. The molecule has 1 heterocycles. The van der Waals surface area contributed by atoms with Crippen LogP contribution in [-0.2, 0) is 4.74 Å². The number of ketones is 1. The SMILES string of the molecule is CC(=O)c1cc(C)cc(C2=NC(C)(C)CO2)c1. The van der Waals surface area contributed by atoms with Crippen molar-refractivity contribution in [1.82, 2.24) is 0 Å². The Morgan fingerprint density at radius 2 is 2.06 bits per heavy atom. The molecule has 0 amide bonds. The van der Waals surface area contributed by atoms with Crippen molar-refractivity contribution < 1.29 is 9.53 Å². The average molecular weight is 231 g/mol. The molecule has 0 aromatic heterocycles. The highest BCUT2D eigenvalue weighted by Gasteiger charge is 2.27. The van der Waals surface area contributed by atoms with E-state index >= 15 is 0 Å². The maximum atomic E-state index is 11.4. The Morgan fingerprint density at radius 1 is 1.35 bits per heavy atom. The maximum Gasteiger partial charge on any atom is 0.216 e. The number of hydrogen-bond acceptors (Lipinski definition) is 3. The summed E-state index contributed by atoms with van der Waals surface area (Å²) >= 11 is 0. The van der Waals surface area contributed by atoms with Crippen LogP contribution >= 0.6 is 0 Å². The number of carbonyl (C=O) groups is 1. The van der Waals surface area contributed by atoms with E-state index in [1.165, 1.54) is 0 Å². The Balaban J connectivity index is 2.43. The zero-order chi connectivity index (χ0) is 12.6. The van der Waals surface area contributed by atoms with E-state index in [-0.39, 0.29) is 11.3 Å². The number of rotatable bonds is 2. The quantitative estimate of drug-likeness (QED) is 0.734. The molecule has 0 N–H and O–H groups in total. The summed E-state index contributed by atoms with van der Waals surface area (Å²) in [6.07, 6.45) is 0. The van der Waals surface area contributed by atoms with E-state index < -0.39 is 0 Å². The predicted molar refractivity (Wildman–Crippen MR) is 67.8 cm³/mol. The van der Waals surface area contributed by atoms with Gasteiger partial charge < -0.3 is 4.74 Å². The van der Waals surface area contributed by atoms with Crippen molar-refractivity contribution in [2.75, 3.05) is 6.61 Å². The van der Waals surface area contributed by atoms with Crippen LogP contribution in [0.3, 0.4) is 0 Å². The normalized spacial score (nSPS) is 17.5. The number of nitrogens with zero attached hydrogens (tertiary/aromatic N) is 1. The molecule has 0 bridgehead atoms. The maximum absolute atomic E-state index is 11.4. The van der Waals surface area contributed by atoms with Crippen molar-refractivity contribution in [3.63, 3.8) is 0 Å². The number of aliphatic imine (C=N–C) groups is 1. The smallest absolute Gasteiger partial charge is 0.216 e. The van der Waals surface area contributed by atoms with Crippen LogP contribution in [0.25, 0.3) is 0 Å². The van der Waals surface area contributed by atoms with Gasteiger partial charge in [-0.05, 0) is 51.5 Å². The first-order chi connectivity index (χ1) is 7.87. The second-order valence-corrected chi connectivity index (χ2v) is 5.16. The third kappa shape index (κ3) is 2.54. The van der Waals surface area contributed by atoms with Gasteiger partial charge in [0, 0.05) is 11.1 Å². The van der Waals surface area contributed by atoms with Crippen LogP contribution in [0.5, 0.6) is 0 Å². The third-order valence-corrected chi connectivity index (χ3v) is 2.70. The van der Waals surface area contributed by atoms with Gasteiger partial charge in [-0.2, -0.15) is 0 Å². The average Bonchev–Trinajstić information content (AvgIpc) is 2.58. The zero-order valence-electron chi connectivity index (χ0n) is 10.7. The van der Waals surface area contributed by atoms with E-state index in [2.05, 4.69) is 4.99 Å². The van der Waals surface area contributed by atoms with Crippen LogP contribution in [0.1, 0.15) is 42.3 Å². The molecule has 0 saturated carbocycles. The minimum Gasteiger partial charge on any atom is -0.475 e. The summed E-state index contributed by atoms with van der Waals surface area (Å²) in [7, 11) is 0. The number of ether oxygens (including phenoxy) is 1. The first-order valence-electron chi connectivity index (χ1n) is 5.73. The zero-order valence-corrected chi connectivity index (χ0v) is 10.7. The number of aryl methyl sites for hydroxylation is 1. The van der Waals surface area contributed by atoms with E-state index in [0.717, 1.165) is 11.1 Å². The molecule has 3 heteroatoms. The fourth-order valence-electron chi connectivity index (χ4n) is 1.84. The largest absolute Gasteiger partial charge is 0.475 e. The summed E-state index contributed by atoms with van der Waals surface area (Å²) in [5.41, 5.74) is 2.47. The number of hydrogen-bond donors (Lipinski definition) is 0. The summed E-state index contributed by atoms with van der Waals surface area (Å²) in [6, 6.07) is 5.72. The van der Waals surface area contributed by atoms with Crippen molar-refractivity contribution in [2.24, 2.45) is 4.99 Å². The van der Waals surface area contributed by atoms with Crippen molar-refractivity contribution in [3.8, 4) is 0 Å². The second kappa shape index (κ2) is 3.99. The monoisotopic (exact) mass is 231 g/mol. The molecule has 2 rings (SSSR count). The van der Waals surface area contributed by atoms with Gasteiger partial charge in [-0.25, -0.2) is 4.99 Å². The Morgan fingerprint density at radius 3 is 2.59 bits per heavy atom. The van der Waals surface area contributed by atoms with E-state index in [0.29, 0.717) is 18.1 Å². The van der Waals surface area contributed by atoms with Crippen LogP contribution in [0.2, 0.25) is 0 Å². The Labute approximate surface area is 102 Å². The van der Waals surface area contributed by atoms with Gasteiger partial charge in [-0.15, -0.1) is 0 Å². The number of benzene rings is 1. The molecule has 0 radical (unpaired) electrons. The van der Waals surface area contributed by atoms with E-state index in [4.69, 9.17) is 4.74 Å². The van der Waals surface area contributed by atoms with Gasteiger partial charge >= 0.3 is 0 Å². The Hall–Kier alpha value is -1.64. The molecular formula is C14H17NO2. The van der Waals surface area contributed by atoms with Gasteiger partial charge in [0.1, 0.15) is 6.61 Å². The molecule has 1 aliphatic rings. The molecule has 0 aliphatic carbocycles. The molecule has 0 atom stereocenters. The summed E-state index contributed by atoms with van der Waals surface area (Å²) < 4.78 is 5.58. The van der Waals surface area contributed by atoms with Crippen LogP contribution in [-0.4, -0.2) is 23.8 Å². The fraction of sp³-hybridized carbons (Fsp3) is 0.429. The summed E-state index contributed by atoms with van der Waals surface area (Å²) in [5, 5.41) is 0. The lowest BCUT2D eigenvalue weighted by Crippen LogP contribution is -2.17. The molecule has 90 valence electrons. The van der Waals surface area contributed by atoms with Crippen molar-refractivity contribution in [3.05, 3.63) is 34.9 Å². The molecule has 0 saturated heterocycles. The Kier molecular flexibility index (Phi) is 2.77. The summed E-state index contributed by atoms with van der Waals surface area (Å²) in [6.45, 7) is 8.19. The van der Waals surface area contributed by atoms with Gasteiger partial charge in [0.25, 0.3) is 0 Å². The molecule has 0 fully saturated rings. The summed E-state index contributed by atoms with van der Waals surface area (Å²) in [4.78, 5) is 15.9. The standard InChI is InChI=1S/C14H17NO2/c1-9-5-11(10(2)16)7-12(6-9)13-15-14(3,4)8-17-13/h5-7H,8H2,1-4H3. The van der Waals surface area contributed by atoms with Crippen molar-refractivity contribution in [1.29, 1.82) is 0 Å². The molecule has 3 nitrogen and oxygen atoms in total. The van der Waals surface area contributed by atoms with Gasteiger partial charge in [0.2, 0.25) is 5.90 Å². The molecule has 17 heavy (non-hydrogen) atoms. The summed E-state index contributed by atoms with van der Waals surface area (Å²) in [5.74, 6) is 0.703. The molecule has 1 aromatic carbocycles. The van der Waals surface area contributed by atoms with Gasteiger partial charge in [-0.3, -0.25) is 4.79 Å². The first kappa shape index (κ1) is 11.8. The van der Waals surface area contributed by atoms with Crippen LogP contribution in [0.4, 0.5) is 0 Å². The second-order valence-electron chi connectivity index (χ2n) is 5.16. The van der Waals surface area contributed by atoms with Crippen LogP contribution in [0, 0.1) is 6.92 Å². The van der Waals surface area contributed by atoms with Crippen molar-refractivity contribution in [2.45, 2.75) is 33.2 Å². The topological polar surface area (TPSA) is 38.7 Å². The molecule has 1 aromatic rings. The molecule has 0 spiro atoms. The minimum absolute atomic E-state index is 0.0628.